The van der Waals surface area contributed by atoms with Crippen molar-refractivity contribution in [2.24, 2.45) is 0 Å². The zero-order valence-electron chi connectivity index (χ0n) is 17.9. The highest BCUT2D eigenvalue weighted by atomic mass is 32.1. The van der Waals surface area contributed by atoms with Crippen LogP contribution in [0.3, 0.4) is 0 Å². The second-order valence-corrected chi connectivity index (χ2v) is 8.71. The molecule has 1 fully saturated rings. The smallest absolute Gasteiger partial charge is 0.295 e. The van der Waals surface area contributed by atoms with Crippen molar-refractivity contribution >= 4 is 28.8 Å². The van der Waals surface area contributed by atoms with Crippen molar-refractivity contribution in [1.29, 1.82) is 0 Å². The highest BCUT2D eigenvalue weighted by molar-refractivity contribution is 7.10. The molecule has 32 heavy (non-hydrogen) atoms. The second-order valence-electron chi connectivity index (χ2n) is 7.73. The monoisotopic (exact) mass is 451 g/mol. The van der Waals surface area contributed by atoms with Gasteiger partial charge in [-0.25, -0.2) is 4.39 Å². The van der Waals surface area contributed by atoms with Gasteiger partial charge < -0.3 is 14.7 Å². The van der Waals surface area contributed by atoms with Crippen LogP contribution in [0.15, 0.2) is 59.5 Å². The number of aliphatic hydroxyl groups is 1. The summed E-state index contributed by atoms with van der Waals surface area (Å²) in [7, 11) is 1.50. The molecule has 164 valence electrons. The Morgan fingerprint density at radius 3 is 2.50 bits per heavy atom. The lowest BCUT2D eigenvalue weighted by Crippen LogP contribution is -2.28. The molecule has 7 heteroatoms. The molecule has 1 unspecified atom stereocenters. The van der Waals surface area contributed by atoms with Gasteiger partial charge in [-0.3, -0.25) is 9.59 Å². The molecule has 1 aliphatic rings. The largest absolute Gasteiger partial charge is 0.507 e. The molecule has 0 aliphatic carbocycles. The molecule has 0 spiro atoms. The number of methoxy groups -OCH3 is 1. The highest BCUT2D eigenvalue weighted by Gasteiger charge is 2.46. The van der Waals surface area contributed by atoms with Gasteiger partial charge in [0.15, 0.2) is 0 Å². The van der Waals surface area contributed by atoms with E-state index in [0.29, 0.717) is 16.9 Å². The van der Waals surface area contributed by atoms with Crippen LogP contribution in [0.25, 0.3) is 5.76 Å². The Labute approximate surface area is 189 Å². The first-order valence-corrected chi connectivity index (χ1v) is 10.9. The van der Waals surface area contributed by atoms with Crippen LogP contribution in [0.1, 0.15) is 33.2 Å². The molecule has 5 nitrogen and oxygen atoms in total. The Balaban J connectivity index is 1.88. The average molecular weight is 452 g/mol. The number of rotatable bonds is 5. The third-order valence-electron chi connectivity index (χ3n) is 5.50. The minimum Gasteiger partial charge on any atom is -0.507 e. The van der Waals surface area contributed by atoms with E-state index in [2.05, 4.69) is 0 Å². The van der Waals surface area contributed by atoms with Crippen LogP contribution in [0, 0.1) is 19.7 Å². The Kier molecular flexibility index (Phi) is 5.84. The fraction of sp³-hybridized carbons (Fsp3) is 0.200. The lowest BCUT2D eigenvalue weighted by molar-refractivity contribution is -0.140. The summed E-state index contributed by atoms with van der Waals surface area (Å²) in [6.45, 7) is 3.84. The van der Waals surface area contributed by atoms with Crippen molar-refractivity contribution in [2.45, 2.75) is 26.4 Å². The molecule has 2 heterocycles. The van der Waals surface area contributed by atoms with Gasteiger partial charge in [0.2, 0.25) is 0 Å². The summed E-state index contributed by atoms with van der Waals surface area (Å²) in [6.07, 6.45) is 0. The molecule has 1 atom stereocenters. The molecule has 3 aromatic rings. The standard InChI is InChI=1S/C25H22FNO4S/c1-14-11-15(2)24(31-3)18(12-14)22(28)20-21(19-5-4-10-32-19)27(25(30)23(20)29)13-16-6-8-17(26)9-7-16/h4-12,21,28H,13H2,1-3H3/b22-20-. The van der Waals surface area contributed by atoms with Gasteiger partial charge in [-0.2, -0.15) is 0 Å². The second kappa shape index (κ2) is 8.59. The lowest BCUT2D eigenvalue weighted by atomic mass is 9.96. The fourth-order valence-electron chi connectivity index (χ4n) is 4.12. The van der Waals surface area contributed by atoms with E-state index in [0.717, 1.165) is 16.0 Å². The van der Waals surface area contributed by atoms with Crippen LogP contribution in [0.2, 0.25) is 0 Å². The summed E-state index contributed by atoms with van der Waals surface area (Å²) in [6, 6.07) is 12.3. The maximum Gasteiger partial charge on any atom is 0.295 e. The van der Waals surface area contributed by atoms with Crippen molar-refractivity contribution in [3.8, 4) is 5.75 Å². The third kappa shape index (κ3) is 3.80. The van der Waals surface area contributed by atoms with Gasteiger partial charge in [-0.1, -0.05) is 24.3 Å². The molecule has 4 rings (SSSR count). The molecule has 1 aromatic heterocycles. The number of aryl methyl sites for hydroxylation is 2. The number of aliphatic hydroxyl groups excluding tert-OH is 1. The zero-order chi connectivity index (χ0) is 23.0. The normalized spacial score (nSPS) is 17.8. The number of thiophene rings is 1. The van der Waals surface area contributed by atoms with Crippen molar-refractivity contribution < 1.29 is 23.8 Å². The predicted octanol–water partition coefficient (Wildman–Crippen LogP) is 5.13. The first-order valence-electron chi connectivity index (χ1n) is 10.0. The lowest BCUT2D eigenvalue weighted by Gasteiger charge is -2.24. The molecule has 1 saturated heterocycles. The predicted molar refractivity (Wildman–Crippen MR) is 121 cm³/mol. The highest BCUT2D eigenvalue weighted by Crippen LogP contribution is 2.43. The van der Waals surface area contributed by atoms with E-state index >= 15 is 0 Å². The number of amides is 1. The summed E-state index contributed by atoms with van der Waals surface area (Å²) >= 11 is 1.39. The number of halogens is 1. The molecule has 2 aromatic carbocycles. The number of hydrogen-bond donors (Lipinski definition) is 1. The van der Waals surface area contributed by atoms with E-state index in [1.54, 1.807) is 18.2 Å². The van der Waals surface area contributed by atoms with E-state index in [4.69, 9.17) is 4.74 Å². The summed E-state index contributed by atoms with van der Waals surface area (Å²) in [4.78, 5) is 28.4. The van der Waals surface area contributed by atoms with Crippen molar-refractivity contribution in [2.75, 3.05) is 7.11 Å². The van der Waals surface area contributed by atoms with Gasteiger partial charge in [0.1, 0.15) is 17.3 Å². The molecule has 0 saturated carbocycles. The number of nitrogens with zero attached hydrogens (tertiary/aromatic N) is 1. The van der Waals surface area contributed by atoms with Gasteiger partial charge in [-0.15, -0.1) is 11.3 Å². The van der Waals surface area contributed by atoms with Crippen molar-refractivity contribution in [3.05, 3.63) is 92.4 Å². The number of hydrogen-bond acceptors (Lipinski definition) is 5. The first kappa shape index (κ1) is 21.8. The number of likely N-dealkylation sites (tertiary alicyclic amines) is 1. The Hall–Kier alpha value is -3.45. The molecule has 0 bridgehead atoms. The number of carbonyl (C=O) groups is 2. The van der Waals surface area contributed by atoms with Gasteiger partial charge >= 0.3 is 0 Å². The van der Waals surface area contributed by atoms with Crippen LogP contribution in [0.5, 0.6) is 5.75 Å². The summed E-state index contributed by atoms with van der Waals surface area (Å²) in [5.74, 6) is -1.68. The minimum absolute atomic E-state index is 0.0165. The zero-order valence-corrected chi connectivity index (χ0v) is 18.7. The first-order chi connectivity index (χ1) is 15.3. The van der Waals surface area contributed by atoms with E-state index in [1.165, 1.54) is 35.5 Å². The molecule has 1 aliphatic heterocycles. The topological polar surface area (TPSA) is 66.8 Å². The minimum atomic E-state index is -0.760. The summed E-state index contributed by atoms with van der Waals surface area (Å²) in [5, 5.41) is 13.2. The van der Waals surface area contributed by atoms with Gasteiger partial charge in [0.05, 0.1) is 24.3 Å². The molecular weight excluding hydrogens is 429 g/mol. The number of ether oxygens (including phenoxy) is 1. The van der Waals surface area contributed by atoms with Crippen LogP contribution in [-0.2, 0) is 16.1 Å². The number of carbonyl (C=O) groups excluding carboxylic acids is 2. The fourth-order valence-corrected chi connectivity index (χ4v) is 4.96. The molecule has 0 radical (unpaired) electrons. The van der Waals surface area contributed by atoms with Crippen LogP contribution in [0.4, 0.5) is 4.39 Å². The van der Waals surface area contributed by atoms with Crippen molar-refractivity contribution in [1.82, 2.24) is 4.90 Å². The van der Waals surface area contributed by atoms with E-state index in [-0.39, 0.29) is 23.7 Å². The maximum absolute atomic E-state index is 13.3. The summed E-state index contributed by atoms with van der Waals surface area (Å²) < 4.78 is 18.8. The molecular formula is C25H22FNO4S. The SMILES string of the molecule is COc1c(C)cc(C)cc1/C(O)=C1/C(=O)C(=O)N(Cc2ccc(F)cc2)C1c1cccs1. The van der Waals surface area contributed by atoms with Crippen LogP contribution in [-0.4, -0.2) is 28.8 Å². The number of Topliss-reactive ketones (excluding diaryl/α,β-unsaturated/α-hetero) is 1. The molecule has 1 N–H and O–H groups in total. The van der Waals surface area contributed by atoms with Crippen molar-refractivity contribution in [3.63, 3.8) is 0 Å². The number of benzene rings is 2. The maximum atomic E-state index is 13.3. The quantitative estimate of drug-likeness (QED) is 0.332. The van der Waals surface area contributed by atoms with E-state index in [9.17, 15) is 19.1 Å². The van der Waals surface area contributed by atoms with Gasteiger partial charge in [0, 0.05) is 11.4 Å². The van der Waals surface area contributed by atoms with Gasteiger partial charge in [0.25, 0.3) is 11.7 Å². The Morgan fingerprint density at radius 2 is 1.88 bits per heavy atom. The Bertz CT molecular complexity index is 1220. The van der Waals surface area contributed by atoms with Gasteiger partial charge in [-0.05, 0) is 60.2 Å². The van der Waals surface area contributed by atoms with Crippen LogP contribution >= 0.6 is 11.3 Å². The van der Waals surface area contributed by atoms with E-state index in [1.807, 2.05) is 37.4 Å². The number of ketones is 1. The summed E-state index contributed by atoms with van der Waals surface area (Å²) in [5.41, 5.74) is 2.76. The van der Waals surface area contributed by atoms with E-state index < -0.39 is 17.7 Å². The molecule has 1 amide bonds. The van der Waals surface area contributed by atoms with Crippen LogP contribution < -0.4 is 4.74 Å². The third-order valence-corrected chi connectivity index (χ3v) is 6.42. The Morgan fingerprint density at radius 1 is 1.16 bits per heavy atom. The average Bonchev–Trinajstić information content (AvgIpc) is 3.37.